The molecule has 0 spiro atoms. The number of amides is 1. The zero-order valence-corrected chi connectivity index (χ0v) is 11.0. The molecule has 0 bridgehead atoms. The Labute approximate surface area is 108 Å². The second-order valence-electron chi connectivity index (χ2n) is 5.15. The minimum atomic E-state index is 0.219. The summed E-state index contributed by atoms with van der Waals surface area (Å²) < 4.78 is 5.25. The number of carbonyl (C=O) groups excluding carboxylic acids is 1. The zero-order chi connectivity index (χ0) is 13.0. The first-order valence-electron chi connectivity index (χ1n) is 6.72. The van der Waals surface area contributed by atoms with Gasteiger partial charge >= 0.3 is 0 Å². The maximum atomic E-state index is 12.2. The number of piperidine rings is 1. The Morgan fingerprint density at radius 1 is 1.56 bits per heavy atom. The maximum Gasteiger partial charge on any atom is 0.223 e. The van der Waals surface area contributed by atoms with Crippen molar-refractivity contribution < 1.29 is 9.21 Å². The summed E-state index contributed by atoms with van der Waals surface area (Å²) in [5.41, 5.74) is 5.71. The van der Waals surface area contributed by atoms with Crippen molar-refractivity contribution in [2.24, 2.45) is 11.7 Å². The van der Waals surface area contributed by atoms with Crippen LogP contribution in [0.15, 0.2) is 22.8 Å². The molecule has 0 radical (unpaired) electrons. The summed E-state index contributed by atoms with van der Waals surface area (Å²) >= 11 is 0. The highest BCUT2D eigenvalue weighted by Gasteiger charge is 2.27. The number of likely N-dealkylation sites (tertiary alicyclic amines) is 1. The van der Waals surface area contributed by atoms with Gasteiger partial charge in [-0.3, -0.25) is 4.79 Å². The van der Waals surface area contributed by atoms with Gasteiger partial charge in [-0.25, -0.2) is 0 Å². The lowest BCUT2D eigenvalue weighted by Crippen LogP contribution is -2.47. The van der Waals surface area contributed by atoms with Gasteiger partial charge in [0.1, 0.15) is 5.76 Å². The second kappa shape index (κ2) is 6.05. The summed E-state index contributed by atoms with van der Waals surface area (Å²) in [6.07, 6.45) is 5.05. The molecule has 4 heteroatoms. The van der Waals surface area contributed by atoms with Crippen LogP contribution in [0.3, 0.4) is 0 Å². The Morgan fingerprint density at radius 2 is 2.39 bits per heavy atom. The average molecular weight is 250 g/mol. The van der Waals surface area contributed by atoms with Gasteiger partial charge in [0, 0.05) is 25.4 Å². The quantitative estimate of drug-likeness (QED) is 0.886. The smallest absolute Gasteiger partial charge is 0.223 e. The van der Waals surface area contributed by atoms with E-state index in [0.717, 1.165) is 25.1 Å². The second-order valence-corrected chi connectivity index (χ2v) is 5.15. The zero-order valence-electron chi connectivity index (χ0n) is 11.0. The Balaban J connectivity index is 1.86. The van der Waals surface area contributed by atoms with E-state index in [-0.39, 0.29) is 5.91 Å². The third-order valence-corrected chi connectivity index (χ3v) is 3.80. The molecule has 100 valence electrons. The van der Waals surface area contributed by atoms with Gasteiger partial charge in [-0.1, -0.05) is 0 Å². The molecule has 0 saturated carbocycles. The normalized spacial score (nSPS) is 24.2. The molecule has 1 aliphatic heterocycles. The molecule has 2 N–H and O–H groups in total. The number of hydrogen-bond acceptors (Lipinski definition) is 3. The lowest BCUT2D eigenvalue weighted by molar-refractivity contribution is -0.135. The maximum absolute atomic E-state index is 12.2. The molecule has 2 unspecified atom stereocenters. The van der Waals surface area contributed by atoms with Gasteiger partial charge in [0.15, 0.2) is 0 Å². The van der Waals surface area contributed by atoms with Gasteiger partial charge in [-0.15, -0.1) is 0 Å². The van der Waals surface area contributed by atoms with Crippen LogP contribution in [0.2, 0.25) is 0 Å². The highest BCUT2D eigenvalue weighted by atomic mass is 16.3. The number of carbonyl (C=O) groups is 1. The van der Waals surface area contributed by atoms with Gasteiger partial charge in [0.2, 0.25) is 5.91 Å². The first-order valence-corrected chi connectivity index (χ1v) is 6.72. The summed E-state index contributed by atoms with van der Waals surface area (Å²) in [5, 5.41) is 0. The largest absolute Gasteiger partial charge is 0.469 e. The number of rotatable bonds is 4. The highest BCUT2D eigenvalue weighted by molar-refractivity contribution is 5.76. The number of aryl methyl sites for hydroxylation is 1. The van der Waals surface area contributed by atoms with Crippen molar-refractivity contribution in [2.45, 2.75) is 38.6 Å². The molecule has 1 aromatic heterocycles. The molecule has 4 nitrogen and oxygen atoms in total. The Hall–Kier alpha value is -1.29. The first kappa shape index (κ1) is 13.1. The third-order valence-electron chi connectivity index (χ3n) is 3.80. The molecular weight excluding hydrogens is 228 g/mol. The van der Waals surface area contributed by atoms with Crippen LogP contribution in [0.5, 0.6) is 0 Å². The number of nitrogens with two attached hydrogens (primary N) is 1. The first-order chi connectivity index (χ1) is 8.70. The third kappa shape index (κ3) is 3.13. The minimum Gasteiger partial charge on any atom is -0.469 e. The summed E-state index contributed by atoms with van der Waals surface area (Å²) in [6, 6.07) is 4.11. The SMILES string of the molecule is CC1CCC(CN)CN1C(=O)CCc1ccco1. The fraction of sp³-hybridized carbons (Fsp3) is 0.643. The predicted molar refractivity (Wildman–Crippen MR) is 70.0 cm³/mol. The summed E-state index contributed by atoms with van der Waals surface area (Å²) in [7, 11) is 0. The standard InChI is InChI=1S/C14H22N2O2/c1-11-4-5-12(9-15)10-16(11)14(17)7-6-13-3-2-8-18-13/h2-3,8,11-12H,4-7,9-10,15H2,1H3. The van der Waals surface area contributed by atoms with Crippen LogP contribution in [-0.2, 0) is 11.2 Å². The molecular formula is C14H22N2O2. The molecule has 0 aromatic carbocycles. The van der Waals surface area contributed by atoms with E-state index in [1.807, 2.05) is 17.0 Å². The van der Waals surface area contributed by atoms with E-state index in [1.54, 1.807) is 6.26 Å². The topological polar surface area (TPSA) is 59.5 Å². The van der Waals surface area contributed by atoms with Crippen molar-refractivity contribution in [3.8, 4) is 0 Å². The van der Waals surface area contributed by atoms with Crippen LogP contribution in [0.1, 0.15) is 31.9 Å². The molecule has 0 aliphatic carbocycles. The molecule has 1 saturated heterocycles. The fourth-order valence-corrected chi connectivity index (χ4v) is 2.55. The van der Waals surface area contributed by atoms with E-state index in [1.165, 1.54) is 0 Å². The summed E-state index contributed by atoms with van der Waals surface area (Å²) in [5.74, 6) is 1.56. The van der Waals surface area contributed by atoms with Crippen LogP contribution in [0.4, 0.5) is 0 Å². The number of furan rings is 1. The Morgan fingerprint density at radius 3 is 3.06 bits per heavy atom. The van der Waals surface area contributed by atoms with Gasteiger partial charge in [0.25, 0.3) is 0 Å². The fourth-order valence-electron chi connectivity index (χ4n) is 2.55. The molecule has 1 aliphatic rings. The monoisotopic (exact) mass is 250 g/mol. The van der Waals surface area contributed by atoms with Crippen molar-refractivity contribution in [1.82, 2.24) is 4.90 Å². The lowest BCUT2D eigenvalue weighted by Gasteiger charge is -2.37. The van der Waals surface area contributed by atoms with E-state index in [4.69, 9.17) is 10.2 Å². The van der Waals surface area contributed by atoms with Gasteiger partial charge in [0.05, 0.1) is 6.26 Å². The van der Waals surface area contributed by atoms with E-state index < -0.39 is 0 Å². The van der Waals surface area contributed by atoms with Crippen LogP contribution in [0, 0.1) is 5.92 Å². The van der Waals surface area contributed by atoms with E-state index in [2.05, 4.69) is 6.92 Å². The summed E-state index contributed by atoms with van der Waals surface area (Å²) in [4.78, 5) is 14.2. The van der Waals surface area contributed by atoms with Crippen molar-refractivity contribution in [2.75, 3.05) is 13.1 Å². The van der Waals surface area contributed by atoms with Crippen LogP contribution < -0.4 is 5.73 Å². The van der Waals surface area contributed by atoms with Crippen molar-refractivity contribution in [3.05, 3.63) is 24.2 Å². The minimum absolute atomic E-state index is 0.219. The van der Waals surface area contributed by atoms with Crippen LogP contribution >= 0.6 is 0 Å². The van der Waals surface area contributed by atoms with Gasteiger partial charge in [-0.05, 0) is 44.4 Å². The Kier molecular flexibility index (Phi) is 4.42. The molecule has 2 heterocycles. The van der Waals surface area contributed by atoms with Crippen LogP contribution in [-0.4, -0.2) is 29.9 Å². The predicted octanol–water partition coefficient (Wildman–Crippen LogP) is 1.80. The van der Waals surface area contributed by atoms with Crippen LogP contribution in [0.25, 0.3) is 0 Å². The van der Waals surface area contributed by atoms with Gasteiger partial charge in [-0.2, -0.15) is 0 Å². The molecule has 2 atom stereocenters. The summed E-state index contributed by atoms with van der Waals surface area (Å²) in [6.45, 7) is 3.61. The lowest BCUT2D eigenvalue weighted by atomic mass is 9.93. The van der Waals surface area contributed by atoms with E-state index in [9.17, 15) is 4.79 Å². The molecule has 18 heavy (non-hydrogen) atoms. The number of hydrogen-bond donors (Lipinski definition) is 1. The average Bonchev–Trinajstić information content (AvgIpc) is 2.89. The van der Waals surface area contributed by atoms with Crippen molar-refractivity contribution in [1.29, 1.82) is 0 Å². The Bertz CT molecular complexity index is 375. The number of nitrogens with zero attached hydrogens (tertiary/aromatic N) is 1. The van der Waals surface area contributed by atoms with Crippen molar-refractivity contribution >= 4 is 5.91 Å². The molecule has 1 fully saturated rings. The van der Waals surface area contributed by atoms with E-state index >= 15 is 0 Å². The molecule has 1 aromatic rings. The molecule has 2 rings (SSSR count). The van der Waals surface area contributed by atoms with Crippen molar-refractivity contribution in [3.63, 3.8) is 0 Å². The van der Waals surface area contributed by atoms with E-state index in [0.29, 0.717) is 31.3 Å². The highest BCUT2D eigenvalue weighted by Crippen LogP contribution is 2.22. The van der Waals surface area contributed by atoms with Gasteiger partial charge < -0.3 is 15.1 Å². The molecule has 1 amide bonds.